The van der Waals surface area contributed by atoms with Crippen molar-refractivity contribution in [2.45, 2.75) is 11.1 Å². The third kappa shape index (κ3) is 2.98. The molecule has 0 amide bonds. The fraction of sp³-hybridized carbons (Fsp3) is 0.294. The lowest BCUT2D eigenvalue weighted by atomic mass is 10.2. The van der Waals surface area contributed by atoms with Crippen LogP contribution in [-0.4, -0.2) is 40.1 Å². The number of ether oxygens (including phenoxy) is 3. The zero-order valence-corrected chi connectivity index (χ0v) is 14.3. The average molecular weight is 349 g/mol. The molecular weight excluding hydrogens is 330 g/mol. The molecule has 6 nitrogen and oxygen atoms in total. The van der Waals surface area contributed by atoms with Crippen LogP contribution >= 0.6 is 0 Å². The molecule has 0 bridgehead atoms. The molecule has 3 rings (SSSR count). The molecule has 0 spiro atoms. The van der Waals surface area contributed by atoms with Crippen LogP contribution in [0.25, 0.3) is 0 Å². The monoisotopic (exact) mass is 349 g/mol. The minimum atomic E-state index is -3.81. The number of methoxy groups -OCH3 is 2. The van der Waals surface area contributed by atoms with E-state index in [1.54, 1.807) is 12.1 Å². The number of rotatable bonds is 5. The summed E-state index contributed by atoms with van der Waals surface area (Å²) in [5.41, 5.74) is 0.792. The van der Waals surface area contributed by atoms with Gasteiger partial charge in [-0.3, -0.25) is 0 Å². The van der Waals surface area contributed by atoms with E-state index in [0.717, 1.165) is 5.56 Å². The third-order valence-electron chi connectivity index (χ3n) is 3.89. The highest BCUT2D eigenvalue weighted by molar-refractivity contribution is 7.89. The summed E-state index contributed by atoms with van der Waals surface area (Å²) in [6.45, 7) is 0.618. The van der Waals surface area contributed by atoms with Gasteiger partial charge in [-0.05, 0) is 17.7 Å². The molecule has 2 aromatic carbocycles. The smallest absolute Gasteiger partial charge is 0.249 e. The van der Waals surface area contributed by atoms with Crippen molar-refractivity contribution in [1.82, 2.24) is 4.31 Å². The zero-order valence-electron chi connectivity index (χ0n) is 13.5. The van der Waals surface area contributed by atoms with Crippen LogP contribution in [-0.2, 0) is 14.8 Å². The molecule has 1 heterocycles. The largest absolute Gasteiger partial charge is 0.497 e. The van der Waals surface area contributed by atoms with Crippen LogP contribution < -0.4 is 9.47 Å². The summed E-state index contributed by atoms with van der Waals surface area (Å²) >= 11 is 0. The molecule has 128 valence electrons. The van der Waals surface area contributed by atoms with Gasteiger partial charge in [-0.15, -0.1) is 0 Å². The predicted octanol–water partition coefficient (Wildman–Crippen LogP) is 2.42. The Labute approximate surface area is 141 Å². The summed E-state index contributed by atoms with van der Waals surface area (Å²) in [5.74, 6) is 0.722. The molecule has 0 aliphatic carbocycles. The lowest BCUT2D eigenvalue weighted by molar-refractivity contribution is 0.0682. The van der Waals surface area contributed by atoms with Crippen LogP contribution in [0, 0.1) is 0 Å². The normalized spacial score (nSPS) is 18.5. The molecular formula is C17H19NO5S. The molecule has 1 atom stereocenters. The second kappa shape index (κ2) is 6.80. The molecule has 24 heavy (non-hydrogen) atoms. The Bertz CT molecular complexity index is 807. The van der Waals surface area contributed by atoms with Crippen molar-refractivity contribution in [1.29, 1.82) is 0 Å². The molecule has 1 saturated heterocycles. The van der Waals surface area contributed by atoms with E-state index < -0.39 is 16.3 Å². The fourth-order valence-electron chi connectivity index (χ4n) is 2.69. The van der Waals surface area contributed by atoms with E-state index in [0.29, 0.717) is 12.4 Å². The third-order valence-corrected chi connectivity index (χ3v) is 5.76. The van der Waals surface area contributed by atoms with E-state index in [4.69, 9.17) is 14.2 Å². The van der Waals surface area contributed by atoms with Crippen molar-refractivity contribution in [2.75, 3.05) is 27.4 Å². The predicted molar refractivity (Wildman–Crippen MR) is 88.6 cm³/mol. The first-order valence-electron chi connectivity index (χ1n) is 7.48. The Hall–Kier alpha value is -2.09. The molecule has 0 N–H and O–H groups in total. The van der Waals surface area contributed by atoms with E-state index in [1.807, 2.05) is 30.3 Å². The van der Waals surface area contributed by atoms with Gasteiger partial charge in [-0.25, -0.2) is 8.42 Å². The second-order valence-corrected chi connectivity index (χ2v) is 7.13. The molecule has 0 saturated carbocycles. The standard InChI is InChI=1S/C17H19NO5S/c1-21-14-8-9-15(22-2)16(12-14)24(19,20)18-10-11-23-17(18)13-6-4-3-5-7-13/h3-9,12,17H,10-11H2,1-2H3. The summed E-state index contributed by atoms with van der Waals surface area (Å²) in [5, 5.41) is 0. The van der Waals surface area contributed by atoms with Gasteiger partial charge in [0.15, 0.2) is 0 Å². The Morgan fingerprint density at radius 1 is 1.08 bits per heavy atom. The van der Waals surface area contributed by atoms with Crippen LogP contribution in [0.4, 0.5) is 0 Å². The number of hydrogen-bond acceptors (Lipinski definition) is 5. The van der Waals surface area contributed by atoms with Crippen LogP contribution in [0.15, 0.2) is 53.4 Å². The molecule has 0 aromatic heterocycles. The van der Waals surface area contributed by atoms with Gasteiger partial charge in [-0.1, -0.05) is 30.3 Å². The highest BCUT2D eigenvalue weighted by Gasteiger charge is 2.38. The van der Waals surface area contributed by atoms with Gasteiger partial charge >= 0.3 is 0 Å². The topological polar surface area (TPSA) is 65.1 Å². The SMILES string of the molecule is COc1ccc(OC)c(S(=O)(=O)N2CCOC2c2ccccc2)c1. The molecule has 7 heteroatoms. The Morgan fingerprint density at radius 2 is 1.83 bits per heavy atom. The molecule has 1 aliphatic heterocycles. The highest BCUT2D eigenvalue weighted by Crippen LogP contribution is 2.37. The van der Waals surface area contributed by atoms with Gasteiger partial charge < -0.3 is 14.2 Å². The quantitative estimate of drug-likeness (QED) is 0.829. The average Bonchev–Trinajstić information content (AvgIpc) is 3.12. The summed E-state index contributed by atoms with van der Waals surface area (Å²) in [6.07, 6.45) is -0.646. The highest BCUT2D eigenvalue weighted by atomic mass is 32.2. The first kappa shape index (κ1) is 16.8. The first-order chi connectivity index (χ1) is 11.6. The van der Waals surface area contributed by atoms with Crippen molar-refractivity contribution in [2.24, 2.45) is 0 Å². The van der Waals surface area contributed by atoms with E-state index in [2.05, 4.69) is 0 Å². The van der Waals surface area contributed by atoms with Gasteiger partial charge in [0, 0.05) is 12.6 Å². The van der Waals surface area contributed by atoms with Crippen molar-refractivity contribution < 1.29 is 22.6 Å². The minimum absolute atomic E-state index is 0.0655. The Morgan fingerprint density at radius 3 is 2.50 bits per heavy atom. The van der Waals surface area contributed by atoms with E-state index in [1.165, 1.54) is 24.6 Å². The molecule has 1 unspecified atom stereocenters. The van der Waals surface area contributed by atoms with Gasteiger partial charge in [0.2, 0.25) is 10.0 Å². The Balaban J connectivity index is 2.04. The number of hydrogen-bond donors (Lipinski definition) is 0. The van der Waals surface area contributed by atoms with Crippen LogP contribution in [0.3, 0.4) is 0 Å². The Kier molecular flexibility index (Phi) is 4.75. The van der Waals surface area contributed by atoms with Crippen molar-refractivity contribution >= 4 is 10.0 Å². The summed E-state index contributed by atoms with van der Waals surface area (Å²) in [4.78, 5) is 0.0655. The fourth-order valence-corrected chi connectivity index (χ4v) is 4.37. The number of benzene rings is 2. The summed E-state index contributed by atoms with van der Waals surface area (Å²) in [6, 6.07) is 14.0. The van der Waals surface area contributed by atoms with E-state index in [9.17, 15) is 8.42 Å². The zero-order chi connectivity index (χ0) is 17.2. The molecule has 2 aromatic rings. The second-order valence-electron chi connectivity index (χ2n) is 5.27. The van der Waals surface area contributed by atoms with Crippen molar-refractivity contribution in [3.63, 3.8) is 0 Å². The molecule has 1 fully saturated rings. The van der Waals surface area contributed by atoms with Crippen LogP contribution in [0.5, 0.6) is 11.5 Å². The maximum absolute atomic E-state index is 13.2. The van der Waals surface area contributed by atoms with Gasteiger partial charge in [0.05, 0.1) is 20.8 Å². The van der Waals surface area contributed by atoms with Crippen molar-refractivity contribution in [3.8, 4) is 11.5 Å². The molecule has 1 aliphatic rings. The minimum Gasteiger partial charge on any atom is -0.497 e. The summed E-state index contributed by atoms with van der Waals surface area (Å²) in [7, 11) is -0.878. The lowest BCUT2D eigenvalue weighted by Crippen LogP contribution is -2.31. The van der Waals surface area contributed by atoms with Gasteiger partial charge in [0.1, 0.15) is 22.6 Å². The van der Waals surface area contributed by atoms with E-state index in [-0.39, 0.29) is 17.2 Å². The first-order valence-corrected chi connectivity index (χ1v) is 8.92. The lowest BCUT2D eigenvalue weighted by Gasteiger charge is -2.24. The molecule has 0 radical (unpaired) electrons. The number of nitrogens with zero attached hydrogens (tertiary/aromatic N) is 1. The summed E-state index contributed by atoms with van der Waals surface area (Å²) < 4.78 is 43.7. The van der Waals surface area contributed by atoms with Gasteiger partial charge in [0.25, 0.3) is 0 Å². The van der Waals surface area contributed by atoms with E-state index >= 15 is 0 Å². The van der Waals surface area contributed by atoms with Crippen LogP contribution in [0.1, 0.15) is 11.8 Å². The maximum atomic E-state index is 13.2. The van der Waals surface area contributed by atoms with Crippen LogP contribution in [0.2, 0.25) is 0 Å². The van der Waals surface area contributed by atoms with Gasteiger partial charge in [-0.2, -0.15) is 4.31 Å². The van der Waals surface area contributed by atoms with Crippen molar-refractivity contribution in [3.05, 3.63) is 54.1 Å². The maximum Gasteiger partial charge on any atom is 0.249 e. The number of sulfonamides is 1.